The zero-order chi connectivity index (χ0) is 32.1. The van der Waals surface area contributed by atoms with Crippen LogP contribution in [0.1, 0.15) is 111 Å². The maximum atomic E-state index is 13.4. The molecule has 0 heterocycles. The van der Waals surface area contributed by atoms with Gasteiger partial charge in [0.15, 0.2) is 5.11 Å². The third kappa shape index (κ3) is 5.98. The SMILES string of the molecule is CC[C@H]1[C@@H](O)[C@@H]2[C@H](CC[C@]3(C)[C@@H]([C@H](C)CCNC(=S)NS(=O)(=O)c4ccc(C(C)(C)CF)cc4)CC[C@@H]23)[C@@]2(C)CCCC[C@@H]12. The van der Waals surface area contributed by atoms with Gasteiger partial charge < -0.3 is 10.4 Å². The van der Waals surface area contributed by atoms with Crippen LogP contribution in [0.25, 0.3) is 0 Å². The monoisotopic (exact) mass is 648 g/mol. The Morgan fingerprint density at radius 2 is 1.73 bits per heavy atom. The van der Waals surface area contributed by atoms with Crippen molar-refractivity contribution in [1.29, 1.82) is 0 Å². The minimum atomic E-state index is -3.83. The number of benzene rings is 1. The third-order valence-electron chi connectivity index (χ3n) is 13.5. The quantitative estimate of drug-likeness (QED) is 0.239. The van der Waals surface area contributed by atoms with E-state index in [-0.39, 0.29) is 21.5 Å². The molecule has 248 valence electrons. The van der Waals surface area contributed by atoms with Crippen LogP contribution >= 0.6 is 12.2 Å². The van der Waals surface area contributed by atoms with Crippen LogP contribution in [-0.2, 0) is 15.4 Å². The van der Waals surface area contributed by atoms with Crippen LogP contribution < -0.4 is 10.0 Å². The minimum Gasteiger partial charge on any atom is -0.393 e. The van der Waals surface area contributed by atoms with Crippen molar-refractivity contribution >= 4 is 27.4 Å². The first-order chi connectivity index (χ1) is 20.7. The summed E-state index contributed by atoms with van der Waals surface area (Å²) in [6.07, 6.45) is 12.1. The largest absolute Gasteiger partial charge is 0.393 e. The number of sulfonamides is 1. The minimum absolute atomic E-state index is 0.104. The first kappa shape index (κ1) is 34.1. The Bertz CT molecular complexity index is 1290. The zero-order valence-corrected chi connectivity index (χ0v) is 29.5. The summed E-state index contributed by atoms with van der Waals surface area (Å²) in [4.78, 5) is 0.109. The van der Waals surface area contributed by atoms with Crippen molar-refractivity contribution < 1.29 is 17.9 Å². The van der Waals surface area contributed by atoms with E-state index in [1.54, 1.807) is 26.0 Å². The van der Waals surface area contributed by atoms with Gasteiger partial charge in [0.25, 0.3) is 10.0 Å². The van der Waals surface area contributed by atoms with Crippen molar-refractivity contribution in [2.75, 3.05) is 13.2 Å². The average Bonchev–Trinajstić information content (AvgIpc) is 3.34. The summed E-state index contributed by atoms with van der Waals surface area (Å²) in [5.41, 5.74) is 0.709. The van der Waals surface area contributed by atoms with Gasteiger partial charge in [-0.15, -0.1) is 0 Å². The van der Waals surface area contributed by atoms with Crippen molar-refractivity contribution in [2.45, 2.75) is 122 Å². The number of rotatable bonds is 9. The molecule has 0 saturated heterocycles. The van der Waals surface area contributed by atoms with Crippen molar-refractivity contribution in [1.82, 2.24) is 10.0 Å². The van der Waals surface area contributed by atoms with E-state index in [2.05, 4.69) is 37.7 Å². The number of alkyl halides is 1. The van der Waals surface area contributed by atoms with Crippen LogP contribution in [0.15, 0.2) is 29.2 Å². The highest BCUT2D eigenvalue weighted by Crippen LogP contribution is 2.69. The number of halogens is 1. The summed E-state index contributed by atoms with van der Waals surface area (Å²) >= 11 is 5.38. The zero-order valence-electron chi connectivity index (χ0n) is 27.9. The predicted octanol–water partition coefficient (Wildman–Crippen LogP) is 7.77. The smallest absolute Gasteiger partial charge is 0.263 e. The van der Waals surface area contributed by atoms with Gasteiger partial charge in [-0.2, -0.15) is 0 Å². The van der Waals surface area contributed by atoms with Crippen molar-refractivity contribution in [2.24, 2.45) is 52.3 Å². The number of thiocarbonyl (C=S) groups is 1. The van der Waals surface area contributed by atoms with Crippen LogP contribution in [-0.4, -0.2) is 38.0 Å². The lowest BCUT2D eigenvalue weighted by atomic mass is 9.41. The third-order valence-corrected chi connectivity index (χ3v) is 15.2. The molecule has 4 fully saturated rings. The van der Waals surface area contributed by atoms with E-state index in [1.165, 1.54) is 63.5 Å². The Hall–Kier alpha value is -1.25. The van der Waals surface area contributed by atoms with Gasteiger partial charge >= 0.3 is 0 Å². The van der Waals surface area contributed by atoms with Gasteiger partial charge in [-0.1, -0.05) is 72.9 Å². The van der Waals surface area contributed by atoms with Crippen LogP contribution in [0.3, 0.4) is 0 Å². The van der Waals surface area contributed by atoms with E-state index in [9.17, 15) is 17.9 Å². The first-order valence-corrected chi connectivity index (χ1v) is 19.2. The number of fused-ring (bicyclic) bond motifs is 5. The second kappa shape index (κ2) is 12.7. The molecular formula is C36H57FN2O3S2. The van der Waals surface area contributed by atoms with Gasteiger partial charge in [0.05, 0.1) is 17.7 Å². The van der Waals surface area contributed by atoms with Gasteiger partial charge in [-0.3, -0.25) is 9.11 Å². The lowest BCUT2D eigenvalue weighted by Gasteiger charge is -2.64. The Morgan fingerprint density at radius 1 is 1.05 bits per heavy atom. The molecule has 3 N–H and O–H groups in total. The number of aliphatic hydroxyl groups is 1. The highest BCUT2D eigenvalue weighted by atomic mass is 32.2. The number of hydrogen-bond acceptors (Lipinski definition) is 4. The maximum Gasteiger partial charge on any atom is 0.263 e. The molecule has 0 aromatic heterocycles. The lowest BCUT2D eigenvalue weighted by Crippen LogP contribution is -2.61. The highest BCUT2D eigenvalue weighted by Gasteiger charge is 2.64. The average molecular weight is 649 g/mol. The molecule has 5 rings (SSSR count). The summed E-state index contributed by atoms with van der Waals surface area (Å²) in [5.74, 6) is 3.84. The Balaban J connectivity index is 1.18. The molecule has 0 amide bonds. The molecule has 0 spiro atoms. The summed E-state index contributed by atoms with van der Waals surface area (Å²) in [7, 11) is -3.83. The van der Waals surface area contributed by atoms with E-state index < -0.39 is 22.1 Å². The second-order valence-electron chi connectivity index (χ2n) is 16.1. The van der Waals surface area contributed by atoms with E-state index >= 15 is 0 Å². The molecule has 4 aliphatic carbocycles. The number of aliphatic hydroxyl groups excluding tert-OH is 1. The van der Waals surface area contributed by atoms with E-state index in [0.717, 1.165) is 18.4 Å². The molecule has 5 nitrogen and oxygen atoms in total. The number of hydrogen-bond donors (Lipinski definition) is 3. The Kier molecular flexibility index (Phi) is 9.88. The number of nitrogens with one attached hydrogen (secondary N) is 2. The second-order valence-corrected chi connectivity index (χ2v) is 18.2. The van der Waals surface area contributed by atoms with Gasteiger partial charge in [-0.25, -0.2) is 8.42 Å². The summed E-state index contributed by atoms with van der Waals surface area (Å²) in [6, 6.07) is 6.34. The van der Waals surface area contributed by atoms with Crippen LogP contribution in [0.5, 0.6) is 0 Å². The van der Waals surface area contributed by atoms with Crippen LogP contribution in [0.4, 0.5) is 4.39 Å². The van der Waals surface area contributed by atoms with Crippen molar-refractivity contribution in [3.05, 3.63) is 29.8 Å². The van der Waals surface area contributed by atoms with Crippen LogP contribution in [0.2, 0.25) is 0 Å². The molecule has 8 heteroatoms. The van der Waals surface area contributed by atoms with Gasteiger partial charge in [0.2, 0.25) is 0 Å². The molecule has 0 bridgehead atoms. The fourth-order valence-electron chi connectivity index (χ4n) is 11.0. The fraction of sp³-hybridized carbons (Fsp3) is 0.806. The highest BCUT2D eigenvalue weighted by molar-refractivity contribution is 7.91. The van der Waals surface area contributed by atoms with Crippen molar-refractivity contribution in [3.63, 3.8) is 0 Å². The molecule has 0 unspecified atom stereocenters. The lowest BCUT2D eigenvalue weighted by molar-refractivity contribution is -0.194. The molecule has 4 aliphatic rings. The molecule has 1 aromatic rings. The first-order valence-electron chi connectivity index (χ1n) is 17.3. The summed E-state index contributed by atoms with van der Waals surface area (Å²) in [6.45, 7) is 13.4. The summed E-state index contributed by atoms with van der Waals surface area (Å²) < 4.78 is 41.7. The molecule has 1 aromatic carbocycles. The molecule has 4 saturated carbocycles. The molecular weight excluding hydrogens is 592 g/mol. The fourth-order valence-corrected chi connectivity index (χ4v) is 12.4. The Morgan fingerprint density at radius 3 is 2.39 bits per heavy atom. The van der Waals surface area contributed by atoms with E-state index in [0.29, 0.717) is 53.4 Å². The summed E-state index contributed by atoms with van der Waals surface area (Å²) in [5, 5.41) is 15.2. The van der Waals surface area contributed by atoms with Gasteiger partial charge in [0, 0.05) is 12.0 Å². The standard InChI is InChI=1S/C36H57FN2O3S2/c1-7-26-28-10-8-9-19-35(28,5)30-17-20-36(6)27(15-16-29(36)31(30)32(26)40)23(2)18-21-38-33(43)39-44(41,42)25-13-11-24(12-14-25)34(3,4)22-37/h11-14,23,26-32,40H,7-10,15-22H2,1-6H3,(H2,38,39,43)/t23-,26-,27-,28+,29+,30+,31+,32-,35+,36-/m1/s1. The van der Waals surface area contributed by atoms with Gasteiger partial charge in [-0.05, 0) is 127 Å². The normalized spacial score (nSPS) is 37.8. The predicted molar refractivity (Wildman–Crippen MR) is 181 cm³/mol. The topological polar surface area (TPSA) is 78.4 Å². The maximum absolute atomic E-state index is 13.4. The van der Waals surface area contributed by atoms with Crippen molar-refractivity contribution in [3.8, 4) is 0 Å². The van der Waals surface area contributed by atoms with E-state index in [1.807, 2.05) is 0 Å². The van der Waals surface area contributed by atoms with Gasteiger partial charge in [0.1, 0.15) is 0 Å². The molecule has 44 heavy (non-hydrogen) atoms. The molecule has 0 radical (unpaired) electrons. The molecule has 0 aliphatic heterocycles. The molecule has 10 atom stereocenters. The van der Waals surface area contributed by atoms with E-state index in [4.69, 9.17) is 12.2 Å². The van der Waals surface area contributed by atoms with Crippen LogP contribution in [0, 0.1) is 52.3 Å². The Labute approximate surface area is 272 Å².